The first kappa shape index (κ1) is 23.6. The average molecular weight is 458 g/mol. The summed E-state index contributed by atoms with van der Waals surface area (Å²) in [5.74, 6) is -0.650. The van der Waals surface area contributed by atoms with Gasteiger partial charge >= 0.3 is 12.1 Å². The molecule has 1 N–H and O–H groups in total. The van der Waals surface area contributed by atoms with E-state index in [0.717, 1.165) is 27.8 Å². The molecule has 3 aromatic carbocycles. The van der Waals surface area contributed by atoms with Gasteiger partial charge in [0.1, 0.15) is 12.6 Å². The summed E-state index contributed by atoms with van der Waals surface area (Å²) in [4.78, 5) is 26.0. The average Bonchev–Trinajstić information content (AvgIpc) is 3.16. The van der Waals surface area contributed by atoms with Crippen molar-refractivity contribution in [3.05, 3.63) is 95.1 Å². The predicted octanol–water partition coefficient (Wildman–Crippen LogP) is 6.08. The second-order valence-corrected chi connectivity index (χ2v) is 9.20. The first-order valence-corrected chi connectivity index (χ1v) is 11.8. The van der Waals surface area contributed by atoms with Gasteiger partial charge in [0.15, 0.2) is 0 Å². The van der Waals surface area contributed by atoms with Gasteiger partial charge in [0.2, 0.25) is 0 Å². The van der Waals surface area contributed by atoms with Crippen LogP contribution in [0.4, 0.5) is 4.79 Å². The molecule has 1 aliphatic rings. The summed E-state index contributed by atoms with van der Waals surface area (Å²) in [6.07, 6.45) is 0.261. The summed E-state index contributed by atoms with van der Waals surface area (Å²) in [6, 6.07) is 23.5. The van der Waals surface area contributed by atoms with E-state index >= 15 is 0 Å². The van der Waals surface area contributed by atoms with Gasteiger partial charge in [-0.25, -0.2) is 9.59 Å². The van der Waals surface area contributed by atoms with E-state index in [9.17, 15) is 14.7 Å². The monoisotopic (exact) mass is 457 g/mol. The topological polar surface area (TPSA) is 66.8 Å². The van der Waals surface area contributed by atoms with Crippen LogP contribution in [0.1, 0.15) is 54.4 Å². The van der Waals surface area contributed by atoms with Crippen LogP contribution < -0.4 is 0 Å². The minimum Gasteiger partial charge on any atom is -0.480 e. The summed E-state index contributed by atoms with van der Waals surface area (Å²) in [5, 5.41) is 9.78. The zero-order valence-electron chi connectivity index (χ0n) is 19.9. The van der Waals surface area contributed by atoms with E-state index in [0.29, 0.717) is 18.8 Å². The number of hydrogen-bond donors (Lipinski definition) is 1. The maximum absolute atomic E-state index is 12.8. The number of aliphatic carboxylic acids is 1. The largest absolute Gasteiger partial charge is 0.480 e. The number of aryl methyl sites for hydroxylation is 1. The van der Waals surface area contributed by atoms with Gasteiger partial charge in [-0.3, -0.25) is 4.90 Å². The van der Waals surface area contributed by atoms with Crippen LogP contribution >= 0.6 is 0 Å². The molecular formula is C29H31NO4. The Kier molecular flexibility index (Phi) is 7.01. The molecule has 0 radical (unpaired) electrons. The fraction of sp³-hybridized carbons (Fsp3) is 0.310. The van der Waals surface area contributed by atoms with Gasteiger partial charge in [0.25, 0.3) is 0 Å². The van der Waals surface area contributed by atoms with Crippen LogP contribution in [-0.2, 0) is 16.0 Å². The Hall–Kier alpha value is -3.60. The van der Waals surface area contributed by atoms with Crippen molar-refractivity contribution in [3.63, 3.8) is 0 Å². The van der Waals surface area contributed by atoms with Crippen molar-refractivity contribution in [2.24, 2.45) is 0 Å². The quantitative estimate of drug-likeness (QED) is 0.445. The summed E-state index contributed by atoms with van der Waals surface area (Å²) in [5.41, 5.74) is 6.85. The second kappa shape index (κ2) is 10.1. The number of nitrogens with zero attached hydrogens (tertiary/aromatic N) is 1. The maximum Gasteiger partial charge on any atom is 0.410 e. The lowest BCUT2D eigenvalue weighted by atomic mass is 9.98. The minimum atomic E-state index is -1.03. The summed E-state index contributed by atoms with van der Waals surface area (Å²) >= 11 is 0. The molecule has 34 heavy (non-hydrogen) atoms. The Bertz CT molecular complexity index is 1120. The Morgan fingerprint density at radius 3 is 2.00 bits per heavy atom. The molecule has 0 aromatic heterocycles. The Morgan fingerprint density at radius 2 is 1.47 bits per heavy atom. The molecular weight excluding hydrogens is 426 g/mol. The Morgan fingerprint density at radius 1 is 0.912 bits per heavy atom. The minimum absolute atomic E-state index is 0.0625. The Labute approximate surface area is 201 Å². The molecule has 4 rings (SSSR count). The van der Waals surface area contributed by atoms with Crippen LogP contribution in [0.3, 0.4) is 0 Å². The Balaban J connectivity index is 1.40. The number of carbonyl (C=O) groups excluding carboxylic acids is 1. The van der Waals surface area contributed by atoms with E-state index in [2.05, 4.69) is 50.2 Å². The fourth-order valence-electron chi connectivity index (χ4n) is 4.68. The van der Waals surface area contributed by atoms with Crippen LogP contribution in [0.25, 0.3) is 11.1 Å². The number of fused-ring (bicyclic) bond motifs is 3. The number of carbonyl (C=O) groups is 2. The zero-order chi connectivity index (χ0) is 24.2. The SMILES string of the molecule is CC(C)c1ccc(CCC(C(=O)O)N(C)C(=O)OCC2c3ccccc3-c3ccccc32)cc1. The first-order chi connectivity index (χ1) is 16.4. The van der Waals surface area contributed by atoms with Gasteiger partial charge in [0.05, 0.1) is 0 Å². The molecule has 3 aromatic rings. The highest BCUT2D eigenvalue weighted by molar-refractivity contribution is 5.81. The molecule has 5 heteroatoms. The van der Waals surface area contributed by atoms with E-state index < -0.39 is 18.1 Å². The normalized spacial score (nSPS) is 13.3. The van der Waals surface area contributed by atoms with E-state index in [1.165, 1.54) is 17.5 Å². The van der Waals surface area contributed by atoms with Crippen LogP contribution in [0.15, 0.2) is 72.8 Å². The molecule has 0 aliphatic heterocycles. The first-order valence-electron chi connectivity index (χ1n) is 11.8. The molecule has 1 aliphatic carbocycles. The number of carboxylic acids is 1. The van der Waals surface area contributed by atoms with Crippen molar-refractivity contribution in [2.45, 2.75) is 44.6 Å². The van der Waals surface area contributed by atoms with Crippen molar-refractivity contribution < 1.29 is 19.4 Å². The summed E-state index contributed by atoms with van der Waals surface area (Å²) < 4.78 is 5.65. The number of benzene rings is 3. The highest BCUT2D eigenvalue weighted by atomic mass is 16.6. The van der Waals surface area contributed by atoms with Gasteiger partial charge < -0.3 is 9.84 Å². The lowest BCUT2D eigenvalue weighted by Crippen LogP contribution is -2.43. The number of carboxylic acid groups (broad SMARTS) is 1. The third kappa shape index (κ3) is 4.84. The van der Waals surface area contributed by atoms with Gasteiger partial charge in [0, 0.05) is 13.0 Å². The van der Waals surface area contributed by atoms with Gasteiger partial charge in [-0.15, -0.1) is 0 Å². The third-order valence-electron chi connectivity index (χ3n) is 6.73. The van der Waals surface area contributed by atoms with Gasteiger partial charge in [-0.2, -0.15) is 0 Å². The summed E-state index contributed by atoms with van der Waals surface area (Å²) in [7, 11) is 1.50. The molecule has 0 fully saturated rings. The van der Waals surface area contributed by atoms with Gasteiger partial charge in [-0.05, 0) is 52.1 Å². The highest BCUT2D eigenvalue weighted by Crippen LogP contribution is 2.44. The number of amides is 1. The lowest BCUT2D eigenvalue weighted by Gasteiger charge is -2.25. The van der Waals surface area contributed by atoms with E-state index in [4.69, 9.17) is 4.74 Å². The number of rotatable bonds is 8. The number of hydrogen-bond acceptors (Lipinski definition) is 3. The van der Waals surface area contributed by atoms with Crippen molar-refractivity contribution in [2.75, 3.05) is 13.7 Å². The smallest absolute Gasteiger partial charge is 0.410 e. The fourth-order valence-corrected chi connectivity index (χ4v) is 4.68. The van der Waals surface area contributed by atoms with Crippen molar-refractivity contribution in [3.8, 4) is 11.1 Å². The molecule has 1 amide bonds. The van der Waals surface area contributed by atoms with Crippen molar-refractivity contribution in [1.29, 1.82) is 0 Å². The van der Waals surface area contributed by atoms with Crippen LogP contribution in [0.5, 0.6) is 0 Å². The molecule has 1 unspecified atom stereocenters. The molecule has 176 valence electrons. The van der Waals surface area contributed by atoms with Gasteiger partial charge in [-0.1, -0.05) is 86.6 Å². The lowest BCUT2D eigenvalue weighted by molar-refractivity contribution is -0.142. The molecule has 0 bridgehead atoms. The van der Waals surface area contributed by atoms with E-state index in [1.54, 1.807) is 0 Å². The molecule has 0 saturated heterocycles. The van der Waals surface area contributed by atoms with Crippen LogP contribution in [-0.4, -0.2) is 41.8 Å². The zero-order valence-corrected chi connectivity index (χ0v) is 19.9. The number of likely N-dealkylation sites (N-methyl/N-ethyl adjacent to an activating group) is 1. The van der Waals surface area contributed by atoms with Crippen LogP contribution in [0.2, 0.25) is 0 Å². The maximum atomic E-state index is 12.8. The summed E-state index contributed by atoms with van der Waals surface area (Å²) in [6.45, 7) is 4.44. The van der Waals surface area contributed by atoms with Crippen LogP contribution in [0, 0.1) is 0 Å². The molecule has 1 atom stereocenters. The standard InChI is InChI=1S/C29H31NO4/c1-19(2)21-15-12-20(13-16-21)14-17-27(28(31)32)30(3)29(33)34-18-26-24-10-6-4-8-22(24)23-9-5-7-11-25(23)26/h4-13,15-16,19,26-27H,14,17-18H2,1-3H3,(H,31,32). The molecule has 0 spiro atoms. The third-order valence-corrected chi connectivity index (χ3v) is 6.73. The second-order valence-electron chi connectivity index (χ2n) is 9.20. The molecule has 0 heterocycles. The number of ether oxygens (including phenoxy) is 1. The van der Waals surface area contributed by atoms with E-state index in [-0.39, 0.29) is 12.5 Å². The predicted molar refractivity (Wildman–Crippen MR) is 133 cm³/mol. The van der Waals surface area contributed by atoms with Crippen molar-refractivity contribution in [1.82, 2.24) is 4.90 Å². The van der Waals surface area contributed by atoms with E-state index in [1.807, 2.05) is 36.4 Å². The van der Waals surface area contributed by atoms with Crippen molar-refractivity contribution >= 4 is 12.1 Å². The molecule has 5 nitrogen and oxygen atoms in total. The molecule has 0 saturated carbocycles. The highest BCUT2D eigenvalue weighted by Gasteiger charge is 2.31.